The van der Waals surface area contributed by atoms with Crippen molar-refractivity contribution in [2.75, 3.05) is 13.2 Å². The van der Waals surface area contributed by atoms with Gasteiger partial charge in [-0.05, 0) is 228 Å². The lowest BCUT2D eigenvalue weighted by molar-refractivity contribution is -0.217. The van der Waals surface area contributed by atoms with Gasteiger partial charge in [0, 0.05) is 23.7 Å². The van der Waals surface area contributed by atoms with E-state index in [1.807, 2.05) is 0 Å². The lowest BCUT2D eigenvalue weighted by atomic mass is 9.42. The molecule has 1 spiro atoms. The molecular formula is C74H92O2. The zero-order chi connectivity index (χ0) is 50.6. The molecule has 4 aromatic rings. The van der Waals surface area contributed by atoms with Gasteiger partial charge in [-0.3, -0.25) is 0 Å². The SMILES string of the molecule is C#CC1(C2(C3(C4C(c5c(C6CCC7(OCCO7)C(C7C=C(C8Cc9ccccc9C8)c8ccccc87)C6)ccc6ccccc56)CCC5CCCCC54)CC3)CCCC2)CCCC1C1CCCCC1C1CCCCC1C. The summed E-state index contributed by atoms with van der Waals surface area (Å²) in [6.07, 6.45) is 48.7. The van der Waals surface area contributed by atoms with Crippen LogP contribution in [0.1, 0.15) is 225 Å². The summed E-state index contributed by atoms with van der Waals surface area (Å²) in [6, 6.07) is 33.8. The molecule has 8 saturated carbocycles. The summed E-state index contributed by atoms with van der Waals surface area (Å²) < 4.78 is 14.1. The van der Waals surface area contributed by atoms with E-state index in [-0.39, 0.29) is 22.7 Å². The summed E-state index contributed by atoms with van der Waals surface area (Å²) in [4.78, 5) is 0. The van der Waals surface area contributed by atoms with E-state index in [4.69, 9.17) is 15.9 Å². The van der Waals surface area contributed by atoms with Crippen LogP contribution in [0.4, 0.5) is 0 Å². The Morgan fingerprint density at radius 1 is 0.539 bits per heavy atom. The van der Waals surface area contributed by atoms with E-state index in [1.54, 1.807) is 33.2 Å². The lowest BCUT2D eigenvalue weighted by Crippen LogP contribution is -2.56. The Kier molecular flexibility index (Phi) is 12.7. The summed E-state index contributed by atoms with van der Waals surface area (Å²) in [7, 11) is 0. The summed E-state index contributed by atoms with van der Waals surface area (Å²) in [5.41, 5.74) is 11.8. The first-order valence-corrected chi connectivity index (χ1v) is 32.6. The van der Waals surface area contributed by atoms with Gasteiger partial charge in [0.2, 0.25) is 0 Å². The molecule has 1 saturated heterocycles. The number of allylic oxidation sites excluding steroid dienone is 2. The molecule has 11 aliphatic rings. The molecule has 0 N–H and O–H groups in total. The van der Waals surface area contributed by atoms with Crippen molar-refractivity contribution in [3.8, 4) is 12.3 Å². The standard InChI is InChI=1S/C74H92O2/c1-3-71(37-18-31-67(71)63-30-15-14-27-60(63)56-24-9-4-19-49(56)2)73(38-16-17-39-73)72(41-42-72)70-59-26-11-8-21-51(59)33-35-64(70)69-57-25-10-7-20-50(57)32-34-58(69)54-36-40-74(75-43-44-76-74)68(47-54)66-48-65(61-28-12-13-29-62(61)66)55-45-52-22-5-6-23-53(52)46-55/h1,5-7,10,12-13,20,22-23,25,28-29,32,34,48-49,51,54-56,59-60,63-64,66-68,70H,4,8-9,11,14-19,21,24,26-27,30-31,33,35-47H2,2H3. The average Bonchev–Trinajstić information content (AvgIpc) is 4.10. The van der Waals surface area contributed by atoms with E-state index in [0.717, 1.165) is 79.4 Å². The van der Waals surface area contributed by atoms with Crippen molar-refractivity contribution in [1.82, 2.24) is 0 Å². The van der Waals surface area contributed by atoms with Gasteiger partial charge < -0.3 is 9.47 Å². The number of hydrogen-bond acceptors (Lipinski definition) is 2. The van der Waals surface area contributed by atoms with Gasteiger partial charge in [-0.1, -0.05) is 174 Å². The highest BCUT2D eigenvalue weighted by molar-refractivity contribution is 5.88. The topological polar surface area (TPSA) is 18.5 Å². The fraction of sp³-hybridized carbons (Fsp3) is 0.649. The second kappa shape index (κ2) is 19.6. The molecule has 13 atom stereocenters. The Hall–Kier alpha value is -3.64. The minimum absolute atomic E-state index is 0.0450. The third-order valence-corrected chi connectivity index (χ3v) is 25.9. The smallest absolute Gasteiger partial charge is 0.172 e. The van der Waals surface area contributed by atoms with E-state index in [0.29, 0.717) is 36.4 Å². The van der Waals surface area contributed by atoms with E-state index in [2.05, 4.69) is 104 Å². The normalized spacial score (nSPS) is 38.3. The number of benzene rings is 4. The highest BCUT2D eigenvalue weighted by Crippen LogP contribution is 2.82. The Morgan fingerprint density at radius 3 is 2.01 bits per heavy atom. The molecule has 9 fully saturated rings. The molecule has 2 nitrogen and oxygen atoms in total. The molecule has 13 unspecified atom stereocenters. The van der Waals surface area contributed by atoms with E-state index < -0.39 is 5.79 Å². The van der Waals surface area contributed by atoms with Crippen LogP contribution in [0.5, 0.6) is 0 Å². The maximum Gasteiger partial charge on any atom is 0.172 e. The molecule has 0 amide bonds. The van der Waals surface area contributed by atoms with E-state index in [9.17, 15) is 0 Å². The Balaban J connectivity index is 0.838. The van der Waals surface area contributed by atoms with E-state index >= 15 is 0 Å². The maximum absolute atomic E-state index is 7.54. The van der Waals surface area contributed by atoms with Crippen molar-refractivity contribution in [2.45, 2.75) is 210 Å². The van der Waals surface area contributed by atoms with Gasteiger partial charge in [-0.15, -0.1) is 6.42 Å². The zero-order valence-electron chi connectivity index (χ0n) is 46.8. The Labute approximate surface area is 459 Å². The number of fused-ring (bicyclic) bond motifs is 4. The van der Waals surface area contributed by atoms with Gasteiger partial charge in [-0.25, -0.2) is 0 Å². The van der Waals surface area contributed by atoms with Crippen molar-refractivity contribution >= 4 is 16.3 Å². The number of rotatable bonds is 9. The first-order valence-electron chi connectivity index (χ1n) is 32.6. The van der Waals surface area contributed by atoms with Crippen LogP contribution in [-0.4, -0.2) is 19.0 Å². The predicted molar refractivity (Wildman–Crippen MR) is 312 cm³/mol. The molecular weight excluding hydrogens is 921 g/mol. The van der Waals surface area contributed by atoms with Crippen LogP contribution in [0.25, 0.3) is 16.3 Å². The molecule has 1 heterocycles. The molecule has 76 heavy (non-hydrogen) atoms. The quantitative estimate of drug-likeness (QED) is 0.156. The third-order valence-electron chi connectivity index (χ3n) is 25.9. The second-order valence-corrected chi connectivity index (χ2v) is 28.5. The number of ether oxygens (including phenoxy) is 2. The minimum atomic E-state index is -0.529. The van der Waals surface area contributed by atoms with Crippen LogP contribution in [0, 0.1) is 87.8 Å². The largest absolute Gasteiger partial charge is 0.347 e. The van der Waals surface area contributed by atoms with Crippen molar-refractivity contribution in [3.05, 3.63) is 124 Å². The molecule has 10 aliphatic carbocycles. The van der Waals surface area contributed by atoms with Gasteiger partial charge in [0.15, 0.2) is 5.79 Å². The Bertz CT molecular complexity index is 2840. The molecule has 15 rings (SSSR count). The van der Waals surface area contributed by atoms with Gasteiger partial charge in [-0.2, -0.15) is 0 Å². The summed E-state index contributed by atoms with van der Waals surface area (Å²) >= 11 is 0. The first-order chi connectivity index (χ1) is 37.4. The van der Waals surface area contributed by atoms with Crippen molar-refractivity contribution in [3.63, 3.8) is 0 Å². The Morgan fingerprint density at radius 2 is 1.24 bits per heavy atom. The van der Waals surface area contributed by atoms with Crippen LogP contribution >= 0.6 is 0 Å². The van der Waals surface area contributed by atoms with Crippen LogP contribution in [-0.2, 0) is 22.3 Å². The lowest BCUT2D eigenvalue weighted by Gasteiger charge is -2.61. The van der Waals surface area contributed by atoms with E-state index in [1.165, 1.54) is 164 Å². The zero-order valence-corrected chi connectivity index (χ0v) is 46.8. The third kappa shape index (κ3) is 7.58. The van der Waals surface area contributed by atoms with Gasteiger partial charge in [0.25, 0.3) is 0 Å². The minimum Gasteiger partial charge on any atom is -0.347 e. The van der Waals surface area contributed by atoms with Crippen molar-refractivity contribution in [2.24, 2.45) is 75.4 Å². The van der Waals surface area contributed by atoms with Crippen molar-refractivity contribution < 1.29 is 9.47 Å². The number of terminal acetylenes is 1. The van der Waals surface area contributed by atoms with Gasteiger partial charge in [0.05, 0.1) is 13.2 Å². The summed E-state index contributed by atoms with van der Waals surface area (Å²) in [5, 5.41) is 3.04. The van der Waals surface area contributed by atoms with Crippen LogP contribution in [0.15, 0.2) is 91.0 Å². The van der Waals surface area contributed by atoms with Crippen LogP contribution in [0.2, 0.25) is 0 Å². The van der Waals surface area contributed by atoms with Crippen LogP contribution in [0.3, 0.4) is 0 Å². The highest BCUT2D eigenvalue weighted by atomic mass is 16.7. The average molecular weight is 1010 g/mol. The summed E-state index contributed by atoms with van der Waals surface area (Å²) in [5.74, 6) is 12.4. The highest BCUT2D eigenvalue weighted by Gasteiger charge is 2.75. The summed E-state index contributed by atoms with van der Waals surface area (Å²) in [6.45, 7) is 4.07. The van der Waals surface area contributed by atoms with Gasteiger partial charge in [0.1, 0.15) is 0 Å². The second-order valence-electron chi connectivity index (χ2n) is 28.5. The monoisotopic (exact) mass is 1010 g/mol. The maximum atomic E-state index is 7.54. The molecule has 1 aliphatic heterocycles. The molecule has 0 radical (unpaired) electrons. The number of hydrogen-bond donors (Lipinski definition) is 0. The molecule has 0 bridgehead atoms. The van der Waals surface area contributed by atoms with Crippen molar-refractivity contribution in [1.29, 1.82) is 0 Å². The molecule has 0 aromatic heterocycles. The van der Waals surface area contributed by atoms with Gasteiger partial charge >= 0.3 is 0 Å². The predicted octanol–water partition coefficient (Wildman–Crippen LogP) is 18.8. The molecule has 400 valence electrons. The molecule has 4 aromatic carbocycles. The fourth-order valence-corrected chi connectivity index (χ4v) is 23.1. The van der Waals surface area contributed by atoms with Crippen LogP contribution < -0.4 is 0 Å². The molecule has 2 heteroatoms. The first kappa shape index (κ1) is 49.4. The fourth-order valence-electron chi connectivity index (χ4n) is 23.1.